The molecule has 5 nitrogen and oxygen atoms in total. The summed E-state index contributed by atoms with van der Waals surface area (Å²) in [6, 6.07) is 16.6. The minimum absolute atomic E-state index is 0.129. The minimum Gasteiger partial charge on any atom is -0.490 e. The maximum Gasteiger partial charge on any atom is 0.259 e. The highest BCUT2D eigenvalue weighted by Crippen LogP contribution is 2.22. The Kier molecular flexibility index (Phi) is 7.02. The number of benzene rings is 2. The fourth-order valence-electron chi connectivity index (χ4n) is 2.32. The normalized spacial score (nSPS) is 10.7. The van der Waals surface area contributed by atoms with Crippen LogP contribution in [0.25, 0.3) is 6.08 Å². The third-order valence-corrected chi connectivity index (χ3v) is 3.54. The highest BCUT2D eigenvalue weighted by atomic mass is 16.5. The number of allylic oxidation sites excluding steroid dienone is 1. The molecular formula is C21H20N2O3. The molecule has 0 radical (unpaired) electrons. The van der Waals surface area contributed by atoms with E-state index in [0.717, 1.165) is 17.7 Å². The van der Waals surface area contributed by atoms with Crippen LogP contribution in [0.3, 0.4) is 0 Å². The number of carbonyl (C=O) groups is 1. The van der Waals surface area contributed by atoms with Crippen LogP contribution in [0.2, 0.25) is 0 Å². The number of para-hydroxylation sites is 2. The number of rotatable bonds is 9. The highest BCUT2D eigenvalue weighted by Gasteiger charge is 2.07. The Labute approximate surface area is 153 Å². The zero-order chi connectivity index (χ0) is 18.8. The number of carbonyl (C=O) groups excluding carboxylic acids is 1. The van der Waals surface area contributed by atoms with E-state index in [1.54, 1.807) is 24.3 Å². The maximum absolute atomic E-state index is 11.2. The van der Waals surface area contributed by atoms with Crippen molar-refractivity contribution in [2.24, 2.45) is 5.73 Å². The zero-order valence-corrected chi connectivity index (χ0v) is 14.4. The van der Waals surface area contributed by atoms with Crippen LogP contribution < -0.4 is 15.2 Å². The fourth-order valence-corrected chi connectivity index (χ4v) is 2.32. The van der Waals surface area contributed by atoms with Crippen molar-refractivity contribution in [3.05, 3.63) is 77.9 Å². The van der Waals surface area contributed by atoms with Gasteiger partial charge in [-0.25, -0.2) is 0 Å². The standard InChI is InChI=1S/C21H20N2O3/c1-2-7-16-8-3-5-10-19(16)25-12-13-26-20-11-6-4-9-17(20)14-18(15-22)21(23)24/h2-6,8-11,14H,1,7,12-13H2,(H2,23,24)/b18-14-. The summed E-state index contributed by atoms with van der Waals surface area (Å²) in [5.41, 5.74) is 6.71. The first-order chi connectivity index (χ1) is 12.7. The van der Waals surface area contributed by atoms with Gasteiger partial charge in [0.05, 0.1) is 0 Å². The molecule has 0 unspecified atom stereocenters. The Morgan fingerprint density at radius 1 is 1.08 bits per heavy atom. The first-order valence-corrected chi connectivity index (χ1v) is 8.10. The Hall–Kier alpha value is -3.52. The molecule has 2 rings (SSSR count). The molecule has 0 aromatic heterocycles. The van der Waals surface area contributed by atoms with Crippen molar-refractivity contribution in [2.45, 2.75) is 6.42 Å². The molecule has 0 bridgehead atoms. The molecule has 132 valence electrons. The van der Waals surface area contributed by atoms with E-state index in [0.29, 0.717) is 24.5 Å². The maximum atomic E-state index is 11.2. The van der Waals surface area contributed by atoms with Crippen LogP contribution in [-0.2, 0) is 11.2 Å². The number of nitriles is 1. The van der Waals surface area contributed by atoms with Crippen molar-refractivity contribution >= 4 is 12.0 Å². The quantitative estimate of drug-likeness (QED) is 0.326. The van der Waals surface area contributed by atoms with Gasteiger partial charge in [-0.1, -0.05) is 42.5 Å². The molecule has 0 heterocycles. The van der Waals surface area contributed by atoms with Gasteiger partial charge in [-0.05, 0) is 30.2 Å². The number of primary amides is 1. The summed E-state index contributed by atoms with van der Waals surface area (Å²) < 4.78 is 11.5. The van der Waals surface area contributed by atoms with Crippen LogP contribution in [0.4, 0.5) is 0 Å². The number of hydrogen-bond acceptors (Lipinski definition) is 4. The first kappa shape index (κ1) is 18.8. The summed E-state index contributed by atoms with van der Waals surface area (Å²) in [6.45, 7) is 4.41. The summed E-state index contributed by atoms with van der Waals surface area (Å²) in [4.78, 5) is 11.2. The molecule has 0 saturated heterocycles. The van der Waals surface area contributed by atoms with Crippen LogP contribution in [0.1, 0.15) is 11.1 Å². The summed E-state index contributed by atoms with van der Waals surface area (Å²) in [7, 11) is 0. The highest BCUT2D eigenvalue weighted by molar-refractivity contribution is 6.00. The largest absolute Gasteiger partial charge is 0.490 e. The molecule has 0 aliphatic rings. The molecular weight excluding hydrogens is 328 g/mol. The second kappa shape index (κ2) is 9.70. The summed E-state index contributed by atoms with van der Waals surface area (Å²) >= 11 is 0. The number of nitrogens with zero attached hydrogens (tertiary/aromatic N) is 1. The topological polar surface area (TPSA) is 85.3 Å². The van der Waals surface area contributed by atoms with Gasteiger partial charge < -0.3 is 15.2 Å². The lowest BCUT2D eigenvalue weighted by atomic mass is 10.1. The van der Waals surface area contributed by atoms with Crippen molar-refractivity contribution in [2.75, 3.05) is 13.2 Å². The number of amides is 1. The molecule has 0 spiro atoms. The molecule has 2 N–H and O–H groups in total. The van der Waals surface area contributed by atoms with Gasteiger partial charge in [0, 0.05) is 5.56 Å². The average Bonchev–Trinajstić information content (AvgIpc) is 2.65. The van der Waals surface area contributed by atoms with Crippen LogP contribution in [0.15, 0.2) is 66.8 Å². The molecule has 1 amide bonds. The molecule has 0 saturated carbocycles. The third kappa shape index (κ3) is 5.25. The lowest BCUT2D eigenvalue weighted by Crippen LogP contribution is -2.13. The first-order valence-electron chi connectivity index (χ1n) is 8.10. The van der Waals surface area contributed by atoms with Crippen molar-refractivity contribution < 1.29 is 14.3 Å². The lowest BCUT2D eigenvalue weighted by molar-refractivity contribution is -0.114. The van der Waals surface area contributed by atoms with Gasteiger partial charge in [-0.15, -0.1) is 6.58 Å². The SMILES string of the molecule is C=CCc1ccccc1OCCOc1ccccc1/C=C(/C#N)C(N)=O. The van der Waals surface area contributed by atoms with Gasteiger partial charge in [-0.2, -0.15) is 5.26 Å². The Morgan fingerprint density at radius 2 is 1.69 bits per heavy atom. The van der Waals surface area contributed by atoms with E-state index in [4.69, 9.17) is 20.5 Å². The molecule has 0 atom stereocenters. The second-order valence-corrected chi connectivity index (χ2v) is 5.37. The predicted octanol–water partition coefficient (Wildman–Crippen LogP) is 3.27. The smallest absolute Gasteiger partial charge is 0.259 e. The molecule has 0 fully saturated rings. The Balaban J connectivity index is 2.00. The van der Waals surface area contributed by atoms with Crippen molar-refractivity contribution in [3.8, 4) is 17.6 Å². The van der Waals surface area contributed by atoms with E-state index in [1.807, 2.05) is 36.4 Å². The van der Waals surface area contributed by atoms with Crippen LogP contribution in [0, 0.1) is 11.3 Å². The summed E-state index contributed by atoms with van der Waals surface area (Å²) in [6.07, 6.45) is 3.97. The minimum atomic E-state index is -0.774. The zero-order valence-electron chi connectivity index (χ0n) is 14.4. The van der Waals surface area contributed by atoms with Crippen molar-refractivity contribution in [1.29, 1.82) is 5.26 Å². The van der Waals surface area contributed by atoms with E-state index in [-0.39, 0.29) is 5.57 Å². The Morgan fingerprint density at radius 3 is 2.35 bits per heavy atom. The number of ether oxygens (including phenoxy) is 2. The van der Waals surface area contributed by atoms with E-state index in [9.17, 15) is 4.79 Å². The van der Waals surface area contributed by atoms with Crippen LogP contribution in [-0.4, -0.2) is 19.1 Å². The number of nitrogens with two attached hydrogens (primary N) is 1. The third-order valence-electron chi connectivity index (χ3n) is 3.54. The summed E-state index contributed by atoms with van der Waals surface area (Å²) in [5, 5.41) is 8.97. The van der Waals surface area contributed by atoms with E-state index >= 15 is 0 Å². The van der Waals surface area contributed by atoms with Gasteiger partial charge in [-0.3, -0.25) is 4.79 Å². The molecule has 2 aromatic rings. The molecule has 2 aromatic carbocycles. The van der Waals surface area contributed by atoms with Gasteiger partial charge in [0.1, 0.15) is 36.4 Å². The van der Waals surface area contributed by atoms with Gasteiger partial charge in [0.15, 0.2) is 0 Å². The summed E-state index contributed by atoms with van der Waals surface area (Å²) in [5.74, 6) is 0.568. The van der Waals surface area contributed by atoms with Crippen molar-refractivity contribution in [3.63, 3.8) is 0 Å². The second-order valence-electron chi connectivity index (χ2n) is 5.37. The molecule has 0 aliphatic carbocycles. The van der Waals surface area contributed by atoms with E-state index in [1.165, 1.54) is 6.08 Å². The number of hydrogen-bond donors (Lipinski definition) is 1. The molecule has 0 aliphatic heterocycles. The van der Waals surface area contributed by atoms with Crippen molar-refractivity contribution in [1.82, 2.24) is 0 Å². The monoisotopic (exact) mass is 348 g/mol. The van der Waals surface area contributed by atoms with Crippen LogP contribution in [0.5, 0.6) is 11.5 Å². The van der Waals surface area contributed by atoms with Gasteiger partial charge in [0.2, 0.25) is 0 Å². The van der Waals surface area contributed by atoms with Gasteiger partial charge in [0.25, 0.3) is 5.91 Å². The lowest BCUT2D eigenvalue weighted by Gasteiger charge is -2.12. The fraction of sp³-hybridized carbons (Fsp3) is 0.143. The van der Waals surface area contributed by atoms with Crippen LogP contribution >= 0.6 is 0 Å². The predicted molar refractivity (Wildman–Crippen MR) is 101 cm³/mol. The van der Waals surface area contributed by atoms with Gasteiger partial charge >= 0.3 is 0 Å². The molecule has 26 heavy (non-hydrogen) atoms. The van der Waals surface area contributed by atoms with E-state index < -0.39 is 5.91 Å². The Bertz CT molecular complexity index is 850. The van der Waals surface area contributed by atoms with E-state index in [2.05, 4.69) is 6.58 Å². The average molecular weight is 348 g/mol. The molecule has 5 heteroatoms.